The highest BCUT2D eigenvalue weighted by Gasteiger charge is 2.13. The number of hydrogen-bond acceptors (Lipinski definition) is 2. The summed E-state index contributed by atoms with van der Waals surface area (Å²) in [5.41, 5.74) is 1.70. The minimum absolute atomic E-state index is 0.00782. The van der Waals surface area contributed by atoms with Crippen molar-refractivity contribution in [1.29, 1.82) is 0 Å². The van der Waals surface area contributed by atoms with Crippen LogP contribution >= 0.6 is 12.6 Å². The lowest BCUT2D eigenvalue weighted by molar-refractivity contribution is 0.0935. The third-order valence-electron chi connectivity index (χ3n) is 2.67. The number of nitrogens with one attached hydrogen (secondary N) is 1. The summed E-state index contributed by atoms with van der Waals surface area (Å²) in [5.74, 6) is 0.578. The monoisotopic (exact) mass is 251 g/mol. The van der Waals surface area contributed by atoms with Gasteiger partial charge in [0.15, 0.2) is 0 Å². The van der Waals surface area contributed by atoms with Gasteiger partial charge < -0.3 is 5.32 Å². The van der Waals surface area contributed by atoms with Crippen LogP contribution in [0.2, 0.25) is 0 Å². The minimum atomic E-state index is -0.00782. The molecule has 17 heavy (non-hydrogen) atoms. The summed E-state index contributed by atoms with van der Waals surface area (Å²) in [4.78, 5) is 12.9. The standard InChI is InChI=1S/C14H21NOS/c1-9(2)7-11(4)15-14(16)13-8-12(17)6-5-10(13)3/h5-6,8-9,11,17H,7H2,1-4H3,(H,15,16). The Morgan fingerprint density at radius 3 is 2.59 bits per heavy atom. The number of hydrogen-bond donors (Lipinski definition) is 2. The maximum absolute atomic E-state index is 12.1. The van der Waals surface area contributed by atoms with E-state index in [1.165, 1.54) is 0 Å². The van der Waals surface area contributed by atoms with Crippen LogP contribution in [0.3, 0.4) is 0 Å². The lowest BCUT2D eigenvalue weighted by Gasteiger charge is -2.16. The summed E-state index contributed by atoms with van der Waals surface area (Å²) in [6, 6.07) is 5.83. The normalized spacial score (nSPS) is 12.6. The Hall–Kier alpha value is -0.960. The molecule has 0 aromatic heterocycles. The number of benzene rings is 1. The van der Waals surface area contributed by atoms with E-state index in [4.69, 9.17) is 0 Å². The average Bonchev–Trinajstić information content (AvgIpc) is 2.20. The van der Waals surface area contributed by atoms with Crippen LogP contribution in [0.4, 0.5) is 0 Å². The molecular formula is C14H21NOS. The van der Waals surface area contributed by atoms with Crippen LogP contribution in [0.15, 0.2) is 23.1 Å². The van der Waals surface area contributed by atoms with Gasteiger partial charge >= 0.3 is 0 Å². The zero-order valence-electron chi connectivity index (χ0n) is 10.9. The molecular weight excluding hydrogens is 230 g/mol. The summed E-state index contributed by atoms with van der Waals surface area (Å²) in [6.07, 6.45) is 0.991. The van der Waals surface area contributed by atoms with Crippen LogP contribution in [-0.2, 0) is 0 Å². The van der Waals surface area contributed by atoms with Crippen molar-refractivity contribution in [1.82, 2.24) is 5.32 Å². The Kier molecular flexibility index (Phi) is 5.06. The molecule has 0 aliphatic carbocycles. The van der Waals surface area contributed by atoms with Crippen LogP contribution in [0.5, 0.6) is 0 Å². The predicted octanol–water partition coefficient (Wildman–Crippen LogP) is 3.45. The Balaban J connectivity index is 2.73. The number of rotatable bonds is 4. The molecule has 0 heterocycles. The van der Waals surface area contributed by atoms with Crippen molar-refractivity contribution in [3.05, 3.63) is 29.3 Å². The Morgan fingerprint density at radius 2 is 2.00 bits per heavy atom. The van der Waals surface area contributed by atoms with Gasteiger partial charge in [-0.05, 0) is 43.9 Å². The molecule has 3 heteroatoms. The molecule has 0 aliphatic rings. The van der Waals surface area contributed by atoms with Gasteiger partial charge in [-0.25, -0.2) is 0 Å². The van der Waals surface area contributed by atoms with Crippen molar-refractivity contribution in [2.45, 2.75) is 45.1 Å². The van der Waals surface area contributed by atoms with Gasteiger partial charge in [-0.2, -0.15) is 0 Å². The fourth-order valence-corrected chi connectivity index (χ4v) is 2.13. The molecule has 1 rings (SSSR count). The highest BCUT2D eigenvalue weighted by molar-refractivity contribution is 7.80. The SMILES string of the molecule is Cc1ccc(S)cc1C(=O)NC(C)CC(C)C. The fourth-order valence-electron chi connectivity index (χ4n) is 1.92. The Morgan fingerprint density at radius 1 is 1.35 bits per heavy atom. The van der Waals surface area contributed by atoms with Gasteiger partial charge in [-0.3, -0.25) is 4.79 Å². The maximum Gasteiger partial charge on any atom is 0.251 e. The van der Waals surface area contributed by atoms with Gasteiger partial charge in [0, 0.05) is 16.5 Å². The van der Waals surface area contributed by atoms with E-state index in [1.54, 1.807) is 0 Å². The van der Waals surface area contributed by atoms with E-state index in [-0.39, 0.29) is 11.9 Å². The second-order valence-corrected chi connectivity index (χ2v) is 5.52. The first-order valence-electron chi connectivity index (χ1n) is 6.00. The summed E-state index contributed by atoms with van der Waals surface area (Å²) in [6.45, 7) is 8.29. The van der Waals surface area contributed by atoms with E-state index in [0.717, 1.165) is 16.9 Å². The summed E-state index contributed by atoms with van der Waals surface area (Å²) in [7, 11) is 0. The van der Waals surface area contributed by atoms with Gasteiger partial charge in [0.2, 0.25) is 0 Å². The molecule has 0 radical (unpaired) electrons. The molecule has 0 fully saturated rings. The van der Waals surface area contributed by atoms with E-state index in [2.05, 4.69) is 31.8 Å². The second kappa shape index (κ2) is 6.10. The molecule has 1 aromatic carbocycles. The first-order chi connectivity index (χ1) is 7.90. The smallest absolute Gasteiger partial charge is 0.251 e. The third kappa shape index (κ3) is 4.43. The van der Waals surface area contributed by atoms with Crippen LogP contribution in [0.25, 0.3) is 0 Å². The number of aryl methyl sites for hydroxylation is 1. The van der Waals surface area contributed by atoms with Crippen LogP contribution in [-0.4, -0.2) is 11.9 Å². The van der Waals surface area contributed by atoms with Gasteiger partial charge in [-0.1, -0.05) is 19.9 Å². The molecule has 1 unspecified atom stereocenters. The van der Waals surface area contributed by atoms with Gasteiger partial charge in [0.05, 0.1) is 0 Å². The zero-order chi connectivity index (χ0) is 13.0. The second-order valence-electron chi connectivity index (χ2n) is 5.00. The van der Waals surface area contributed by atoms with Crippen LogP contribution in [0.1, 0.15) is 43.1 Å². The summed E-state index contributed by atoms with van der Waals surface area (Å²) < 4.78 is 0. The average molecular weight is 251 g/mol. The molecule has 0 saturated heterocycles. The molecule has 0 aliphatic heterocycles. The molecule has 1 atom stereocenters. The lowest BCUT2D eigenvalue weighted by atomic mass is 10.0. The Bertz CT molecular complexity index is 401. The zero-order valence-corrected chi connectivity index (χ0v) is 11.8. The van der Waals surface area contributed by atoms with Gasteiger partial charge in [0.25, 0.3) is 5.91 Å². The third-order valence-corrected chi connectivity index (χ3v) is 2.95. The molecule has 2 nitrogen and oxygen atoms in total. The van der Waals surface area contributed by atoms with Crippen molar-refractivity contribution in [3.8, 4) is 0 Å². The molecule has 1 amide bonds. The summed E-state index contributed by atoms with van der Waals surface area (Å²) >= 11 is 4.26. The van der Waals surface area contributed by atoms with Gasteiger partial charge in [-0.15, -0.1) is 12.6 Å². The molecule has 0 bridgehead atoms. The lowest BCUT2D eigenvalue weighted by Crippen LogP contribution is -2.33. The topological polar surface area (TPSA) is 29.1 Å². The highest BCUT2D eigenvalue weighted by Crippen LogP contribution is 2.14. The summed E-state index contributed by atoms with van der Waals surface area (Å²) in [5, 5.41) is 3.02. The molecule has 1 N–H and O–H groups in total. The van der Waals surface area contributed by atoms with Crippen molar-refractivity contribution >= 4 is 18.5 Å². The number of carbonyl (C=O) groups is 1. The van der Waals surface area contributed by atoms with Crippen molar-refractivity contribution < 1.29 is 4.79 Å². The number of thiol groups is 1. The first-order valence-corrected chi connectivity index (χ1v) is 6.45. The highest BCUT2D eigenvalue weighted by atomic mass is 32.1. The largest absolute Gasteiger partial charge is 0.350 e. The van der Waals surface area contributed by atoms with Crippen molar-refractivity contribution in [2.24, 2.45) is 5.92 Å². The van der Waals surface area contributed by atoms with E-state index in [9.17, 15) is 4.79 Å². The van der Waals surface area contributed by atoms with E-state index in [1.807, 2.05) is 32.0 Å². The first kappa shape index (κ1) is 14.1. The number of carbonyl (C=O) groups excluding carboxylic acids is 1. The number of amides is 1. The van der Waals surface area contributed by atoms with E-state index in [0.29, 0.717) is 11.5 Å². The minimum Gasteiger partial charge on any atom is -0.350 e. The van der Waals surface area contributed by atoms with Crippen molar-refractivity contribution in [2.75, 3.05) is 0 Å². The maximum atomic E-state index is 12.1. The van der Waals surface area contributed by atoms with Crippen LogP contribution < -0.4 is 5.32 Å². The molecule has 94 valence electrons. The molecule has 0 spiro atoms. The van der Waals surface area contributed by atoms with Crippen LogP contribution in [0, 0.1) is 12.8 Å². The van der Waals surface area contributed by atoms with E-state index < -0.39 is 0 Å². The van der Waals surface area contributed by atoms with Gasteiger partial charge in [0.1, 0.15) is 0 Å². The van der Waals surface area contributed by atoms with Crippen molar-refractivity contribution in [3.63, 3.8) is 0 Å². The molecule has 0 saturated carbocycles. The Labute approximate surface area is 109 Å². The van der Waals surface area contributed by atoms with E-state index >= 15 is 0 Å². The quantitative estimate of drug-likeness (QED) is 0.789. The predicted molar refractivity (Wildman–Crippen MR) is 74.8 cm³/mol. The fraction of sp³-hybridized carbons (Fsp3) is 0.500. The molecule has 1 aromatic rings.